The minimum Gasteiger partial charge on any atom is -0.475 e. The molecule has 14 heavy (non-hydrogen) atoms. The van der Waals surface area contributed by atoms with Crippen molar-refractivity contribution >= 4 is 5.97 Å². The molecule has 1 rings (SSSR count). The van der Waals surface area contributed by atoms with E-state index in [4.69, 9.17) is 14.2 Å². The summed E-state index contributed by atoms with van der Waals surface area (Å²) in [5, 5.41) is 0. The second kappa shape index (κ2) is 4.46. The summed E-state index contributed by atoms with van der Waals surface area (Å²) in [4.78, 5) is 11.3. The van der Waals surface area contributed by atoms with Crippen molar-refractivity contribution in [1.82, 2.24) is 0 Å². The van der Waals surface area contributed by atoms with Crippen LogP contribution in [0.2, 0.25) is 0 Å². The molecule has 0 aromatic heterocycles. The molecule has 0 bridgehead atoms. The van der Waals surface area contributed by atoms with Crippen LogP contribution in [0.15, 0.2) is 12.3 Å². The minimum absolute atomic E-state index is 0.198. The Bertz CT molecular complexity index is 227. The first-order chi connectivity index (χ1) is 6.47. The molecule has 0 aromatic rings. The first kappa shape index (κ1) is 11.0. The standard InChI is InChI=1S/C10H16O4/c1-10(2,3)14-9(11)6-8-4-5-12-7-13-8/h4-5,8H,6-7H2,1-3H3. The third kappa shape index (κ3) is 4.28. The van der Waals surface area contributed by atoms with Crippen LogP contribution < -0.4 is 0 Å². The van der Waals surface area contributed by atoms with Gasteiger partial charge in [0.1, 0.15) is 5.60 Å². The average Bonchev–Trinajstić information content (AvgIpc) is 2.02. The minimum atomic E-state index is -0.439. The van der Waals surface area contributed by atoms with E-state index in [1.807, 2.05) is 20.8 Å². The fourth-order valence-electron chi connectivity index (χ4n) is 1.04. The normalized spacial score (nSPS) is 21.5. The Morgan fingerprint density at radius 1 is 1.57 bits per heavy atom. The fourth-order valence-corrected chi connectivity index (χ4v) is 1.04. The van der Waals surface area contributed by atoms with Crippen molar-refractivity contribution in [3.05, 3.63) is 12.3 Å². The number of hydrogen-bond acceptors (Lipinski definition) is 4. The summed E-state index contributed by atoms with van der Waals surface area (Å²) >= 11 is 0. The molecule has 80 valence electrons. The van der Waals surface area contributed by atoms with Crippen LogP contribution in [-0.2, 0) is 19.0 Å². The molecule has 0 radical (unpaired) electrons. The molecular weight excluding hydrogens is 184 g/mol. The van der Waals surface area contributed by atoms with Gasteiger partial charge in [-0.25, -0.2) is 0 Å². The number of rotatable bonds is 2. The first-order valence-electron chi connectivity index (χ1n) is 4.59. The van der Waals surface area contributed by atoms with Crippen LogP contribution in [0.5, 0.6) is 0 Å². The Hall–Kier alpha value is -1.03. The van der Waals surface area contributed by atoms with Gasteiger partial charge in [0, 0.05) is 0 Å². The van der Waals surface area contributed by atoms with Crippen LogP contribution in [0.4, 0.5) is 0 Å². The molecule has 1 heterocycles. The molecule has 4 heteroatoms. The lowest BCUT2D eigenvalue weighted by Crippen LogP contribution is -2.27. The number of hydrogen-bond donors (Lipinski definition) is 0. The van der Waals surface area contributed by atoms with Gasteiger partial charge in [-0.15, -0.1) is 0 Å². The smallest absolute Gasteiger partial charge is 0.309 e. The van der Waals surface area contributed by atoms with E-state index in [2.05, 4.69) is 0 Å². The van der Waals surface area contributed by atoms with Crippen LogP contribution in [0.1, 0.15) is 27.2 Å². The lowest BCUT2D eigenvalue weighted by molar-refractivity contribution is -0.159. The number of ether oxygens (including phenoxy) is 3. The molecule has 1 aliphatic rings. The van der Waals surface area contributed by atoms with Gasteiger partial charge < -0.3 is 14.2 Å². The summed E-state index contributed by atoms with van der Waals surface area (Å²) < 4.78 is 15.1. The molecular formula is C10H16O4. The molecule has 0 spiro atoms. The molecule has 4 nitrogen and oxygen atoms in total. The maximum atomic E-state index is 11.3. The van der Waals surface area contributed by atoms with Crippen molar-refractivity contribution in [3.8, 4) is 0 Å². The highest BCUT2D eigenvalue weighted by atomic mass is 16.7. The third-order valence-corrected chi connectivity index (χ3v) is 1.53. The molecule has 0 saturated carbocycles. The van der Waals surface area contributed by atoms with Crippen LogP contribution in [-0.4, -0.2) is 24.5 Å². The SMILES string of the molecule is CC(C)(C)OC(=O)CC1C=COCO1. The van der Waals surface area contributed by atoms with E-state index in [9.17, 15) is 4.79 Å². The summed E-state index contributed by atoms with van der Waals surface area (Å²) in [5.41, 5.74) is -0.439. The van der Waals surface area contributed by atoms with Crippen molar-refractivity contribution in [2.75, 3.05) is 6.79 Å². The van der Waals surface area contributed by atoms with Gasteiger partial charge in [0.25, 0.3) is 0 Å². The Balaban J connectivity index is 2.33. The van der Waals surface area contributed by atoms with Gasteiger partial charge in [-0.05, 0) is 26.8 Å². The number of carbonyl (C=O) groups excluding carboxylic acids is 1. The quantitative estimate of drug-likeness (QED) is 0.635. The van der Waals surface area contributed by atoms with Crippen LogP contribution in [0, 0.1) is 0 Å². The molecule has 0 amide bonds. The Morgan fingerprint density at radius 2 is 2.29 bits per heavy atom. The second-order valence-electron chi connectivity index (χ2n) is 4.11. The molecule has 0 N–H and O–H groups in total. The van der Waals surface area contributed by atoms with Gasteiger partial charge in [-0.2, -0.15) is 0 Å². The summed E-state index contributed by atoms with van der Waals surface area (Å²) in [6, 6.07) is 0. The summed E-state index contributed by atoms with van der Waals surface area (Å²) in [5.74, 6) is -0.256. The first-order valence-corrected chi connectivity index (χ1v) is 4.59. The van der Waals surface area contributed by atoms with Gasteiger partial charge >= 0.3 is 5.97 Å². The van der Waals surface area contributed by atoms with E-state index >= 15 is 0 Å². The van der Waals surface area contributed by atoms with Gasteiger partial charge in [-0.1, -0.05) is 0 Å². The van der Waals surface area contributed by atoms with Crippen molar-refractivity contribution in [1.29, 1.82) is 0 Å². The third-order valence-electron chi connectivity index (χ3n) is 1.53. The van der Waals surface area contributed by atoms with Gasteiger partial charge in [0.05, 0.1) is 18.8 Å². The van der Waals surface area contributed by atoms with Gasteiger partial charge in [0.2, 0.25) is 0 Å². The topological polar surface area (TPSA) is 44.8 Å². The van der Waals surface area contributed by atoms with Crippen molar-refractivity contribution in [2.45, 2.75) is 38.9 Å². The Kier molecular flexibility index (Phi) is 3.52. The van der Waals surface area contributed by atoms with E-state index in [0.717, 1.165) is 0 Å². The zero-order chi connectivity index (χ0) is 10.6. The fraction of sp³-hybridized carbons (Fsp3) is 0.700. The summed E-state index contributed by atoms with van der Waals surface area (Å²) in [6.45, 7) is 5.71. The zero-order valence-corrected chi connectivity index (χ0v) is 8.78. The summed E-state index contributed by atoms with van der Waals surface area (Å²) in [6.07, 6.45) is 3.25. The van der Waals surface area contributed by atoms with E-state index in [0.29, 0.717) is 0 Å². The van der Waals surface area contributed by atoms with Gasteiger partial charge in [-0.3, -0.25) is 4.79 Å². The molecule has 1 atom stereocenters. The molecule has 1 aliphatic heterocycles. The largest absolute Gasteiger partial charge is 0.475 e. The predicted molar refractivity (Wildman–Crippen MR) is 50.4 cm³/mol. The summed E-state index contributed by atoms with van der Waals surface area (Å²) in [7, 11) is 0. The lowest BCUT2D eigenvalue weighted by Gasteiger charge is -2.22. The maximum Gasteiger partial charge on any atom is 0.309 e. The average molecular weight is 200 g/mol. The Morgan fingerprint density at radius 3 is 2.79 bits per heavy atom. The number of carbonyl (C=O) groups is 1. The predicted octanol–water partition coefficient (Wildman–Crippen LogP) is 1.60. The number of esters is 1. The molecule has 0 aromatic carbocycles. The highest BCUT2D eigenvalue weighted by Crippen LogP contribution is 2.12. The van der Waals surface area contributed by atoms with E-state index in [1.165, 1.54) is 0 Å². The highest BCUT2D eigenvalue weighted by molar-refractivity contribution is 5.70. The molecule has 1 unspecified atom stereocenters. The van der Waals surface area contributed by atoms with Crippen LogP contribution in [0.3, 0.4) is 0 Å². The zero-order valence-electron chi connectivity index (χ0n) is 8.78. The van der Waals surface area contributed by atoms with Gasteiger partial charge in [0.15, 0.2) is 6.79 Å². The van der Waals surface area contributed by atoms with Crippen LogP contribution in [0.25, 0.3) is 0 Å². The lowest BCUT2D eigenvalue weighted by atomic mass is 10.2. The van der Waals surface area contributed by atoms with Crippen LogP contribution >= 0.6 is 0 Å². The Labute approximate surface area is 83.8 Å². The van der Waals surface area contributed by atoms with E-state index < -0.39 is 5.60 Å². The highest BCUT2D eigenvalue weighted by Gasteiger charge is 2.20. The van der Waals surface area contributed by atoms with Crippen molar-refractivity contribution in [3.63, 3.8) is 0 Å². The monoisotopic (exact) mass is 200 g/mol. The van der Waals surface area contributed by atoms with E-state index in [-0.39, 0.29) is 25.3 Å². The molecule has 0 aliphatic carbocycles. The maximum absolute atomic E-state index is 11.3. The second-order valence-corrected chi connectivity index (χ2v) is 4.11. The van der Waals surface area contributed by atoms with Crippen molar-refractivity contribution in [2.24, 2.45) is 0 Å². The van der Waals surface area contributed by atoms with E-state index in [1.54, 1.807) is 12.3 Å². The van der Waals surface area contributed by atoms with Crippen molar-refractivity contribution < 1.29 is 19.0 Å². The molecule has 0 fully saturated rings. The molecule has 0 saturated heterocycles.